The first-order valence-corrected chi connectivity index (χ1v) is 3.62. The zero-order valence-electron chi connectivity index (χ0n) is 6.26. The number of allylic oxidation sites excluding steroid dienone is 2. The van der Waals surface area contributed by atoms with Gasteiger partial charge in [0.05, 0.1) is 5.69 Å². The molecule has 1 rings (SSSR count). The average molecular weight is 169 g/mol. The maximum atomic E-state index is 5.73. The third-order valence-corrected chi connectivity index (χ3v) is 1.62. The zero-order chi connectivity index (χ0) is 8.27. The molecule has 0 atom stereocenters. The van der Waals surface area contributed by atoms with Gasteiger partial charge in [-0.3, -0.25) is 5.10 Å². The molecule has 0 fully saturated rings. The summed E-state index contributed by atoms with van der Waals surface area (Å²) >= 11 is 5.73. The van der Waals surface area contributed by atoms with Crippen LogP contribution >= 0.6 is 11.6 Å². The molecule has 0 saturated heterocycles. The molecule has 0 unspecified atom stereocenters. The van der Waals surface area contributed by atoms with Gasteiger partial charge in [-0.15, -0.1) is 0 Å². The lowest BCUT2D eigenvalue weighted by Crippen LogP contribution is -1.73. The van der Waals surface area contributed by atoms with Gasteiger partial charge in [0.2, 0.25) is 0 Å². The monoisotopic (exact) mass is 168 g/mol. The van der Waals surface area contributed by atoms with Gasteiger partial charge in [0.1, 0.15) is 0 Å². The number of hydrogen-bond donors (Lipinski definition) is 1. The molecule has 0 aliphatic carbocycles. The molecule has 11 heavy (non-hydrogen) atoms. The molecule has 0 aliphatic rings. The number of hydrogen-bond acceptors (Lipinski definition) is 1. The second-order valence-corrected chi connectivity index (χ2v) is 2.60. The van der Waals surface area contributed by atoms with E-state index in [1.165, 1.54) is 0 Å². The van der Waals surface area contributed by atoms with E-state index < -0.39 is 0 Å². The predicted molar refractivity (Wildman–Crippen MR) is 47.4 cm³/mol. The number of halogens is 1. The fraction of sp³-hybridized carbons (Fsp3) is 0.125. The van der Waals surface area contributed by atoms with Crippen molar-refractivity contribution in [2.45, 2.75) is 6.92 Å². The maximum absolute atomic E-state index is 5.73. The average Bonchev–Trinajstić information content (AvgIpc) is 2.37. The highest BCUT2D eigenvalue weighted by Gasteiger charge is 1.95. The largest absolute Gasteiger partial charge is 0.285 e. The number of aryl methyl sites for hydroxylation is 1. The Labute approximate surface area is 70.6 Å². The maximum Gasteiger partial charge on any atom is 0.0664 e. The number of H-pyrrole nitrogens is 1. The number of rotatable bonds is 2. The summed E-state index contributed by atoms with van der Waals surface area (Å²) < 4.78 is 0. The molecule has 1 aromatic rings. The van der Waals surface area contributed by atoms with Crippen molar-refractivity contribution in [2.24, 2.45) is 0 Å². The minimum absolute atomic E-state index is 0.620. The van der Waals surface area contributed by atoms with E-state index in [0.717, 1.165) is 11.3 Å². The molecule has 0 bridgehead atoms. The van der Waals surface area contributed by atoms with Crippen LogP contribution in [0.1, 0.15) is 11.3 Å². The van der Waals surface area contributed by atoms with Crippen molar-refractivity contribution in [1.82, 2.24) is 10.2 Å². The Morgan fingerprint density at radius 1 is 1.82 bits per heavy atom. The highest BCUT2D eigenvalue weighted by atomic mass is 35.5. The molecular weight excluding hydrogens is 160 g/mol. The summed E-state index contributed by atoms with van der Waals surface area (Å²) in [6.07, 6.45) is 5.20. The van der Waals surface area contributed by atoms with Crippen LogP contribution in [-0.4, -0.2) is 10.2 Å². The SMILES string of the molecule is C=C/C(Cl)=C\c1c[nH]nc1C. The van der Waals surface area contributed by atoms with Crippen LogP contribution in [0.15, 0.2) is 23.9 Å². The summed E-state index contributed by atoms with van der Waals surface area (Å²) in [4.78, 5) is 0. The molecule has 0 saturated carbocycles. The van der Waals surface area contributed by atoms with Crippen molar-refractivity contribution in [3.05, 3.63) is 35.1 Å². The summed E-state index contributed by atoms with van der Waals surface area (Å²) in [5.41, 5.74) is 1.93. The number of aromatic amines is 1. The molecule has 0 amide bonds. The van der Waals surface area contributed by atoms with Crippen LogP contribution in [0.5, 0.6) is 0 Å². The fourth-order valence-electron chi connectivity index (χ4n) is 0.721. The van der Waals surface area contributed by atoms with Gasteiger partial charge < -0.3 is 0 Å². The Balaban J connectivity index is 2.94. The first kappa shape index (κ1) is 8.08. The van der Waals surface area contributed by atoms with Crippen molar-refractivity contribution in [1.29, 1.82) is 0 Å². The van der Waals surface area contributed by atoms with Crippen LogP contribution in [0.2, 0.25) is 0 Å². The van der Waals surface area contributed by atoms with Crippen LogP contribution < -0.4 is 0 Å². The van der Waals surface area contributed by atoms with E-state index in [9.17, 15) is 0 Å². The molecule has 0 radical (unpaired) electrons. The van der Waals surface area contributed by atoms with Crippen LogP contribution in [-0.2, 0) is 0 Å². The molecular formula is C8H9ClN2. The van der Waals surface area contributed by atoms with Gasteiger partial charge in [0, 0.05) is 16.8 Å². The van der Waals surface area contributed by atoms with Gasteiger partial charge in [-0.25, -0.2) is 0 Å². The quantitative estimate of drug-likeness (QED) is 0.676. The van der Waals surface area contributed by atoms with E-state index in [4.69, 9.17) is 11.6 Å². The third kappa shape index (κ3) is 1.95. The molecule has 3 heteroatoms. The van der Waals surface area contributed by atoms with Crippen LogP contribution in [0.4, 0.5) is 0 Å². The number of nitrogens with zero attached hydrogens (tertiary/aromatic N) is 1. The molecule has 58 valence electrons. The first-order valence-electron chi connectivity index (χ1n) is 3.24. The fourth-order valence-corrected chi connectivity index (χ4v) is 0.839. The minimum Gasteiger partial charge on any atom is -0.285 e. The second kappa shape index (κ2) is 3.39. The lowest BCUT2D eigenvalue weighted by atomic mass is 10.2. The first-order chi connectivity index (χ1) is 5.24. The van der Waals surface area contributed by atoms with E-state index in [1.807, 2.05) is 13.0 Å². The molecule has 0 aliphatic heterocycles. The van der Waals surface area contributed by atoms with Crippen LogP contribution in [0, 0.1) is 6.92 Å². The normalized spacial score (nSPS) is 11.6. The van der Waals surface area contributed by atoms with Gasteiger partial charge in [-0.05, 0) is 13.0 Å². The van der Waals surface area contributed by atoms with E-state index in [2.05, 4.69) is 16.8 Å². The van der Waals surface area contributed by atoms with Gasteiger partial charge in [0.15, 0.2) is 0 Å². The molecule has 1 heterocycles. The Morgan fingerprint density at radius 3 is 3.00 bits per heavy atom. The lowest BCUT2D eigenvalue weighted by Gasteiger charge is -1.87. The van der Waals surface area contributed by atoms with E-state index in [0.29, 0.717) is 5.03 Å². The Bertz CT molecular complexity index is 286. The van der Waals surface area contributed by atoms with Gasteiger partial charge >= 0.3 is 0 Å². The Kier molecular flexibility index (Phi) is 2.49. The van der Waals surface area contributed by atoms with Gasteiger partial charge in [-0.1, -0.05) is 24.3 Å². The minimum atomic E-state index is 0.620. The van der Waals surface area contributed by atoms with Crippen LogP contribution in [0.25, 0.3) is 6.08 Å². The van der Waals surface area contributed by atoms with Crippen molar-refractivity contribution in [3.63, 3.8) is 0 Å². The van der Waals surface area contributed by atoms with Crippen molar-refractivity contribution < 1.29 is 0 Å². The summed E-state index contributed by atoms with van der Waals surface area (Å²) in [5, 5.41) is 7.30. The predicted octanol–water partition coefficient (Wildman–Crippen LogP) is 2.48. The van der Waals surface area contributed by atoms with Gasteiger partial charge in [0.25, 0.3) is 0 Å². The number of aromatic nitrogens is 2. The van der Waals surface area contributed by atoms with Crippen molar-refractivity contribution in [2.75, 3.05) is 0 Å². The Morgan fingerprint density at radius 2 is 2.55 bits per heavy atom. The molecule has 0 spiro atoms. The van der Waals surface area contributed by atoms with Gasteiger partial charge in [-0.2, -0.15) is 5.10 Å². The molecule has 1 aromatic heterocycles. The molecule has 2 nitrogen and oxygen atoms in total. The van der Waals surface area contributed by atoms with Crippen molar-refractivity contribution in [3.8, 4) is 0 Å². The second-order valence-electron chi connectivity index (χ2n) is 2.16. The van der Waals surface area contributed by atoms with E-state index in [1.54, 1.807) is 12.3 Å². The van der Waals surface area contributed by atoms with E-state index in [-0.39, 0.29) is 0 Å². The molecule has 0 aromatic carbocycles. The third-order valence-electron chi connectivity index (χ3n) is 1.36. The van der Waals surface area contributed by atoms with Crippen LogP contribution in [0.3, 0.4) is 0 Å². The topological polar surface area (TPSA) is 28.7 Å². The molecule has 1 N–H and O–H groups in total. The summed E-state index contributed by atoms with van der Waals surface area (Å²) in [6, 6.07) is 0. The smallest absolute Gasteiger partial charge is 0.0664 e. The van der Waals surface area contributed by atoms with Crippen molar-refractivity contribution >= 4 is 17.7 Å². The standard InChI is InChI=1S/C8H9ClN2/c1-3-8(9)4-7-5-10-11-6(7)2/h3-5H,1H2,2H3,(H,10,11)/b8-4+. The summed E-state index contributed by atoms with van der Waals surface area (Å²) in [5.74, 6) is 0. The summed E-state index contributed by atoms with van der Waals surface area (Å²) in [7, 11) is 0. The number of nitrogens with one attached hydrogen (secondary N) is 1. The highest BCUT2D eigenvalue weighted by Crippen LogP contribution is 2.11. The lowest BCUT2D eigenvalue weighted by molar-refractivity contribution is 1.05. The Hall–Kier alpha value is -1.02. The highest BCUT2D eigenvalue weighted by molar-refractivity contribution is 6.33. The zero-order valence-corrected chi connectivity index (χ0v) is 7.02. The summed E-state index contributed by atoms with van der Waals surface area (Å²) in [6.45, 7) is 5.45. The van der Waals surface area contributed by atoms with E-state index >= 15 is 0 Å².